The molecule has 3 heterocycles. The van der Waals surface area contributed by atoms with E-state index in [0.717, 1.165) is 25.7 Å². The third-order valence-corrected chi connectivity index (χ3v) is 6.33. The zero-order valence-electron chi connectivity index (χ0n) is 16.9. The van der Waals surface area contributed by atoms with Crippen molar-refractivity contribution in [1.82, 2.24) is 19.8 Å². The lowest BCUT2D eigenvalue weighted by molar-refractivity contribution is 0.0442. The van der Waals surface area contributed by atoms with Gasteiger partial charge in [0.1, 0.15) is 5.56 Å². The van der Waals surface area contributed by atoms with Crippen LogP contribution in [0.2, 0.25) is 5.02 Å². The second-order valence-electron chi connectivity index (χ2n) is 7.72. The number of pyridine rings is 2. The molecule has 1 fully saturated rings. The monoisotopic (exact) mass is 448 g/mol. The van der Waals surface area contributed by atoms with E-state index in [1.54, 1.807) is 9.47 Å². The van der Waals surface area contributed by atoms with Gasteiger partial charge in [-0.25, -0.2) is 4.39 Å². The Hall–Kier alpha value is -2.94. The number of fused-ring (bicyclic) bond motifs is 3. The first-order valence-electron chi connectivity index (χ1n) is 10.2. The molecule has 8 nitrogen and oxygen atoms in total. The Morgan fingerprint density at radius 1 is 1.32 bits per heavy atom. The summed E-state index contributed by atoms with van der Waals surface area (Å²) < 4.78 is 15.6. The summed E-state index contributed by atoms with van der Waals surface area (Å²) in [5.41, 5.74) is -1.42. The van der Waals surface area contributed by atoms with Gasteiger partial charge in [-0.1, -0.05) is 24.4 Å². The second-order valence-corrected chi connectivity index (χ2v) is 8.13. The van der Waals surface area contributed by atoms with Gasteiger partial charge in [0.25, 0.3) is 11.8 Å². The number of amides is 2. The minimum atomic E-state index is -0.943. The maximum atomic E-state index is 14.0. The first-order chi connectivity index (χ1) is 14.8. The van der Waals surface area contributed by atoms with Crippen molar-refractivity contribution in [2.45, 2.75) is 51.2 Å². The fraction of sp³-hybridized carbons (Fsp3) is 0.429. The normalized spacial score (nSPS) is 20.2. The van der Waals surface area contributed by atoms with E-state index in [1.807, 2.05) is 6.92 Å². The van der Waals surface area contributed by atoms with Crippen LogP contribution in [0.3, 0.4) is 0 Å². The zero-order chi connectivity index (χ0) is 22.3. The number of hydrogen-bond donors (Lipinski definition) is 2. The first-order valence-corrected chi connectivity index (χ1v) is 10.6. The largest absolute Gasteiger partial charge is 0.503 e. The number of carbonyl (C=O) groups is 2. The molecule has 0 bridgehead atoms. The van der Waals surface area contributed by atoms with Gasteiger partial charge in [-0.15, -0.1) is 0 Å². The molecule has 0 unspecified atom stereocenters. The number of likely N-dealkylation sites (N-methyl/N-ethyl adjacent to an activating group) is 1. The Labute approximate surface area is 182 Å². The Kier molecular flexibility index (Phi) is 5.70. The number of carbonyl (C=O) groups excluding carboxylic acids is 2. The minimum absolute atomic E-state index is 0.0543. The molecule has 0 spiro atoms. The van der Waals surface area contributed by atoms with Crippen LogP contribution in [0.5, 0.6) is 5.75 Å². The molecule has 0 saturated heterocycles. The minimum Gasteiger partial charge on any atom is -0.503 e. The molecule has 2 aliphatic rings. The van der Waals surface area contributed by atoms with Crippen LogP contribution < -0.4 is 10.7 Å². The molecule has 1 aliphatic carbocycles. The lowest BCUT2D eigenvalue weighted by Gasteiger charge is -2.45. The van der Waals surface area contributed by atoms with Crippen LogP contribution in [0.1, 0.15) is 65.2 Å². The fourth-order valence-corrected chi connectivity index (χ4v) is 4.71. The molecular formula is C21H22ClFN4O4. The first kappa shape index (κ1) is 21.3. The van der Waals surface area contributed by atoms with Crippen LogP contribution in [0.15, 0.2) is 23.3 Å². The molecule has 0 radical (unpaired) electrons. The van der Waals surface area contributed by atoms with E-state index >= 15 is 0 Å². The lowest BCUT2D eigenvalue weighted by Crippen LogP contribution is -2.52. The van der Waals surface area contributed by atoms with Crippen molar-refractivity contribution >= 4 is 23.4 Å². The van der Waals surface area contributed by atoms with Gasteiger partial charge in [0.2, 0.25) is 5.43 Å². The summed E-state index contributed by atoms with van der Waals surface area (Å²) in [5.74, 6) is -2.72. The Bertz CT molecular complexity index is 1120. The summed E-state index contributed by atoms with van der Waals surface area (Å²) in [4.78, 5) is 43.9. The molecule has 164 valence electrons. The lowest BCUT2D eigenvalue weighted by atomic mass is 9.86. The molecule has 2 amide bonds. The molecule has 2 aromatic heterocycles. The smallest absolute Gasteiger partial charge is 0.274 e. The molecule has 31 heavy (non-hydrogen) atoms. The van der Waals surface area contributed by atoms with E-state index in [-0.39, 0.29) is 40.6 Å². The number of nitrogens with one attached hydrogen (secondary N) is 1. The van der Waals surface area contributed by atoms with E-state index in [1.165, 1.54) is 18.5 Å². The number of rotatable bonds is 4. The van der Waals surface area contributed by atoms with Crippen LogP contribution in [-0.2, 0) is 6.54 Å². The van der Waals surface area contributed by atoms with Crippen molar-refractivity contribution in [2.24, 2.45) is 0 Å². The maximum absolute atomic E-state index is 14.0. The van der Waals surface area contributed by atoms with Crippen LogP contribution in [0.4, 0.5) is 4.39 Å². The predicted octanol–water partition coefficient (Wildman–Crippen LogP) is 2.63. The molecule has 1 saturated carbocycles. The number of halogens is 2. The zero-order valence-corrected chi connectivity index (χ0v) is 17.7. The van der Waals surface area contributed by atoms with Gasteiger partial charge in [-0.05, 0) is 25.8 Å². The molecule has 10 heteroatoms. The highest BCUT2D eigenvalue weighted by molar-refractivity contribution is 6.30. The Balaban J connectivity index is 1.70. The van der Waals surface area contributed by atoms with Crippen molar-refractivity contribution in [3.05, 3.63) is 56.5 Å². The van der Waals surface area contributed by atoms with Crippen molar-refractivity contribution in [3.63, 3.8) is 0 Å². The van der Waals surface area contributed by atoms with Gasteiger partial charge in [-0.2, -0.15) is 0 Å². The predicted molar refractivity (Wildman–Crippen MR) is 111 cm³/mol. The third-order valence-electron chi connectivity index (χ3n) is 6.04. The van der Waals surface area contributed by atoms with Crippen LogP contribution in [0, 0.1) is 5.82 Å². The molecule has 2 aromatic rings. The number of hydrogen-bond acceptors (Lipinski definition) is 5. The van der Waals surface area contributed by atoms with Crippen LogP contribution in [0.25, 0.3) is 0 Å². The number of nitrogens with zero attached hydrogens (tertiary/aromatic N) is 3. The summed E-state index contributed by atoms with van der Waals surface area (Å²) >= 11 is 5.72. The van der Waals surface area contributed by atoms with Gasteiger partial charge in [-0.3, -0.25) is 19.4 Å². The molecule has 1 aliphatic heterocycles. The van der Waals surface area contributed by atoms with Crippen molar-refractivity contribution in [3.8, 4) is 5.75 Å². The fourth-order valence-electron chi connectivity index (χ4n) is 4.54. The summed E-state index contributed by atoms with van der Waals surface area (Å²) in [6.45, 7) is 2.04. The van der Waals surface area contributed by atoms with Gasteiger partial charge in [0.15, 0.2) is 17.3 Å². The Morgan fingerprint density at radius 2 is 2.03 bits per heavy atom. The SMILES string of the molecule is CCN1C(=O)c2c(O)c(=O)c(C(=O)NCc3nccc(Cl)c3F)cn2[C@H]2CCCC[C@H]21. The summed E-state index contributed by atoms with van der Waals surface area (Å²) in [5, 5.41) is 12.9. The van der Waals surface area contributed by atoms with E-state index in [2.05, 4.69) is 10.3 Å². The van der Waals surface area contributed by atoms with Crippen molar-refractivity contribution < 1.29 is 19.1 Å². The second kappa shape index (κ2) is 8.30. The van der Waals surface area contributed by atoms with Gasteiger partial charge >= 0.3 is 0 Å². The third kappa shape index (κ3) is 3.56. The molecular weight excluding hydrogens is 427 g/mol. The van der Waals surface area contributed by atoms with E-state index < -0.39 is 28.8 Å². The summed E-state index contributed by atoms with van der Waals surface area (Å²) in [6.07, 6.45) is 6.15. The summed E-state index contributed by atoms with van der Waals surface area (Å²) in [6, 6.07) is 1.10. The van der Waals surface area contributed by atoms with Gasteiger partial charge in [0.05, 0.1) is 29.3 Å². The average Bonchev–Trinajstić information content (AvgIpc) is 2.77. The quantitative estimate of drug-likeness (QED) is 0.748. The number of aromatic nitrogens is 2. The summed E-state index contributed by atoms with van der Waals surface area (Å²) in [7, 11) is 0. The molecule has 2 atom stereocenters. The molecule has 4 rings (SSSR count). The van der Waals surface area contributed by atoms with Gasteiger partial charge in [0, 0.05) is 18.9 Å². The molecule has 2 N–H and O–H groups in total. The topological polar surface area (TPSA) is 105 Å². The highest BCUT2D eigenvalue weighted by Gasteiger charge is 2.42. The molecule has 0 aromatic carbocycles. The standard InChI is InChI=1S/C21H22ClFN4O4/c1-2-26-14-5-3-4-6-15(14)27-10-11(18(28)19(29)17(27)21(26)31)20(30)25-9-13-16(23)12(22)7-8-24-13/h7-8,10,14-15,29H,2-6,9H2,1H3,(H,25,30)/t14-,15+/m1/s1. The average molecular weight is 449 g/mol. The van der Waals surface area contributed by atoms with Crippen molar-refractivity contribution in [1.29, 1.82) is 0 Å². The van der Waals surface area contributed by atoms with E-state index in [4.69, 9.17) is 11.6 Å². The van der Waals surface area contributed by atoms with Crippen molar-refractivity contribution in [2.75, 3.05) is 6.54 Å². The Morgan fingerprint density at radius 3 is 2.74 bits per heavy atom. The van der Waals surface area contributed by atoms with Crippen LogP contribution in [-0.4, -0.2) is 44.0 Å². The van der Waals surface area contributed by atoms with Crippen LogP contribution >= 0.6 is 11.6 Å². The highest BCUT2D eigenvalue weighted by atomic mass is 35.5. The number of aromatic hydroxyl groups is 1. The van der Waals surface area contributed by atoms with E-state index in [0.29, 0.717) is 6.54 Å². The maximum Gasteiger partial charge on any atom is 0.274 e. The van der Waals surface area contributed by atoms with E-state index in [9.17, 15) is 23.9 Å². The highest BCUT2D eigenvalue weighted by Crippen LogP contribution is 2.39. The van der Waals surface area contributed by atoms with Gasteiger partial charge < -0.3 is 19.9 Å².